The van der Waals surface area contributed by atoms with Gasteiger partial charge in [0.2, 0.25) is 0 Å². The predicted octanol–water partition coefficient (Wildman–Crippen LogP) is 5.82. The third-order valence-corrected chi connectivity index (χ3v) is 6.63. The molecule has 0 radical (unpaired) electrons. The number of hydrogen-bond donors (Lipinski definition) is 2. The first kappa shape index (κ1) is 31.3. The van der Waals surface area contributed by atoms with E-state index in [2.05, 4.69) is 20.6 Å². The van der Waals surface area contributed by atoms with Crippen LogP contribution in [-0.2, 0) is 18.0 Å². The molecule has 3 aromatic heterocycles. The second kappa shape index (κ2) is 13.1. The van der Waals surface area contributed by atoms with E-state index in [1.165, 1.54) is 29.7 Å². The monoisotopic (exact) mass is 601 g/mol. The molecule has 1 atom stereocenters. The zero-order chi connectivity index (χ0) is 31.2. The summed E-state index contributed by atoms with van der Waals surface area (Å²) in [5.41, 5.74) is 0.734. The Labute approximate surface area is 245 Å². The molecule has 1 aromatic carbocycles. The van der Waals surface area contributed by atoms with E-state index in [9.17, 15) is 27.2 Å². The smallest absolute Gasteiger partial charge is 0.407 e. The number of alkyl halides is 3. The van der Waals surface area contributed by atoms with Gasteiger partial charge in [-0.25, -0.2) is 14.2 Å². The van der Waals surface area contributed by atoms with Gasteiger partial charge < -0.3 is 20.1 Å². The van der Waals surface area contributed by atoms with Crippen LogP contribution in [0.2, 0.25) is 0 Å². The molecule has 0 bridgehead atoms. The van der Waals surface area contributed by atoms with E-state index in [0.717, 1.165) is 0 Å². The molecule has 0 aliphatic rings. The fourth-order valence-electron chi connectivity index (χ4n) is 4.39. The predicted molar refractivity (Wildman–Crippen MR) is 149 cm³/mol. The van der Waals surface area contributed by atoms with E-state index >= 15 is 0 Å². The summed E-state index contributed by atoms with van der Waals surface area (Å²) in [5, 5.41) is 5.13. The van der Waals surface area contributed by atoms with Crippen molar-refractivity contribution in [1.29, 1.82) is 0 Å². The van der Waals surface area contributed by atoms with Crippen molar-refractivity contribution in [2.45, 2.75) is 58.5 Å². The minimum atomic E-state index is -4.48. The highest BCUT2D eigenvalue weighted by Gasteiger charge is 2.35. The molecule has 0 aliphatic heterocycles. The number of hydrogen-bond acceptors (Lipinski definition) is 6. The number of imidazole rings is 1. The molecule has 13 heteroatoms. The van der Waals surface area contributed by atoms with Gasteiger partial charge in [-0.1, -0.05) is 30.3 Å². The van der Waals surface area contributed by atoms with Crippen LogP contribution in [0.25, 0.3) is 5.65 Å². The summed E-state index contributed by atoms with van der Waals surface area (Å²) in [5.74, 6) is -0.878. The van der Waals surface area contributed by atoms with E-state index in [1.807, 2.05) is 0 Å². The van der Waals surface area contributed by atoms with Gasteiger partial charge in [-0.3, -0.25) is 14.2 Å². The number of nitrogens with one attached hydrogen (secondary N) is 2. The SMILES string of the molecule is Cc1cc(OCc2ncccc2F)c2nc(C)c(C(=O)NCC(C)(CCC(F)(F)F)NC(=O)OCc3ccccc3)n2c1. The number of halogens is 4. The van der Waals surface area contributed by atoms with Crippen LogP contribution in [0, 0.1) is 19.7 Å². The number of nitrogens with zero attached hydrogens (tertiary/aromatic N) is 3. The Morgan fingerprint density at radius 1 is 1.02 bits per heavy atom. The molecule has 1 unspecified atom stereocenters. The number of rotatable bonds is 11. The van der Waals surface area contributed by atoms with Crippen LogP contribution in [0.15, 0.2) is 60.9 Å². The van der Waals surface area contributed by atoms with Crippen molar-refractivity contribution < 1.29 is 36.6 Å². The van der Waals surface area contributed by atoms with Crippen molar-refractivity contribution in [2.24, 2.45) is 0 Å². The molecule has 228 valence electrons. The number of alkyl carbamates (subject to hydrolysis) is 1. The largest absolute Gasteiger partial charge is 0.483 e. The molecule has 2 amide bonds. The van der Waals surface area contributed by atoms with E-state index in [0.29, 0.717) is 16.8 Å². The quantitative estimate of drug-likeness (QED) is 0.210. The minimum Gasteiger partial charge on any atom is -0.483 e. The third kappa shape index (κ3) is 8.43. The first-order chi connectivity index (χ1) is 20.3. The van der Waals surface area contributed by atoms with Crippen LogP contribution in [0.4, 0.5) is 22.4 Å². The number of benzene rings is 1. The van der Waals surface area contributed by atoms with E-state index in [4.69, 9.17) is 9.47 Å². The Morgan fingerprint density at radius 3 is 2.47 bits per heavy atom. The molecule has 0 spiro atoms. The molecule has 4 rings (SSSR count). The molecular formula is C30H31F4N5O4. The molecule has 2 N–H and O–H groups in total. The van der Waals surface area contributed by atoms with Gasteiger partial charge in [0.15, 0.2) is 11.4 Å². The molecule has 4 aromatic rings. The number of fused-ring (bicyclic) bond motifs is 1. The lowest BCUT2D eigenvalue weighted by Gasteiger charge is -2.31. The summed E-state index contributed by atoms with van der Waals surface area (Å²) in [6.45, 7) is 4.18. The second-order valence-corrected chi connectivity index (χ2v) is 10.4. The lowest BCUT2D eigenvalue weighted by atomic mass is 9.95. The van der Waals surface area contributed by atoms with Crippen molar-refractivity contribution in [3.05, 3.63) is 95.0 Å². The molecular weight excluding hydrogens is 570 g/mol. The Bertz CT molecular complexity index is 1590. The average Bonchev–Trinajstić information content (AvgIpc) is 3.29. The number of carbonyl (C=O) groups is 2. The fraction of sp³-hybridized carbons (Fsp3) is 0.333. The first-order valence-electron chi connectivity index (χ1n) is 13.4. The summed E-state index contributed by atoms with van der Waals surface area (Å²) < 4.78 is 65.9. The van der Waals surface area contributed by atoms with Crippen LogP contribution in [0.1, 0.15) is 52.8 Å². The number of aryl methyl sites for hydroxylation is 2. The maximum atomic E-state index is 14.0. The minimum absolute atomic E-state index is 0.0773. The second-order valence-electron chi connectivity index (χ2n) is 10.4. The molecule has 0 aliphatic carbocycles. The molecule has 0 fully saturated rings. The van der Waals surface area contributed by atoms with Crippen molar-refractivity contribution >= 4 is 17.6 Å². The summed E-state index contributed by atoms with van der Waals surface area (Å²) in [6.07, 6.45) is -4.01. The number of carbonyl (C=O) groups excluding carboxylic acids is 2. The highest BCUT2D eigenvalue weighted by Crippen LogP contribution is 2.27. The summed E-state index contributed by atoms with van der Waals surface area (Å²) in [7, 11) is 0. The Balaban J connectivity index is 1.50. The van der Waals surface area contributed by atoms with E-state index < -0.39 is 42.4 Å². The first-order valence-corrected chi connectivity index (χ1v) is 13.4. The normalized spacial score (nSPS) is 12.9. The van der Waals surface area contributed by atoms with Gasteiger partial charge in [0.25, 0.3) is 5.91 Å². The lowest BCUT2D eigenvalue weighted by molar-refractivity contribution is -0.138. The zero-order valence-corrected chi connectivity index (χ0v) is 23.8. The van der Waals surface area contributed by atoms with Gasteiger partial charge in [0, 0.05) is 25.4 Å². The Morgan fingerprint density at radius 2 is 1.77 bits per heavy atom. The van der Waals surface area contributed by atoms with Crippen molar-refractivity contribution in [2.75, 3.05) is 6.54 Å². The average molecular weight is 602 g/mol. The van der Waals surface area contributed by atoms with Gasteiger partial charge >= 0.3 is 12.3 Å². The standard InChI is InChI=1S/C30H31F4N5O4/c1-19-14-24(42-17-23-22(31)10-7-13-35-23)26-37-20(2)25(39(26)15-19)27(40)36-18-29(3,11-12-30(32,33)34)38-28(41)43-16-21-8-5-4-6-9-21/h4-10,13-15H,11-12,16-18H2,1-3H3,(H,36,40)(H,38,41). The molecule has 0 saturated heterocycles. The fourth-order valence-corrected chi connectivity index (χ4v) is 4.39. The van der Waals surface area contributed by atoms with Gasteiger partial charge in [0.1, 0.15) is 30.4 Å². The maximum absolute atomic E-state index is 14.0. The van der Waals surface area contributed by atoms with Crippen LogP contribution in [0.5, 0.6) is 5.75 Å². The summed E-state index contributed by atoms with van der Waals surface area (Å²) in [6, 6.07) is 13.2. The zero-order valence-electron chi connectivity index (χ0n) is 23.8. The van der Waals surface area contributed by atoms with Gasteiger partial charge in [-0.15, -0.1) is 0 Å². The van der Waals surface area contributed by atoms with Crippen LogP contribution < -0.4 is 15.4 Å². The van der Waals surface area contributed by atoms with Crippen LogP contribution in [-0.4, -0.2) is 44.6 Å². The third-order valence-electron chi connectivity index (χ3n) is 6.63. The van der Waals surface area contributed by atoms with Gasteiger partial charge in [-0.2, -0.15) is 13.2 Å². The molecule has 0 saturated carbocycles. The maximum Gasteiger partial charge on any atom is 0.407 e. The van der Waals surface area contributed by atoms with E-state index in [-0.39, 0.29) is 42.5 Å². The molecule has 43 heavy (non-hydrogen) atoms. The molecule has 3 heterocycles. The topological polar surface area (TPSA) is 107 Å². The van der Waals surface area contributed by atoms with Crippen LogP contribution >= 0.6 is 0 Å². The van der Waals surface area contributed by atoms with Crippen LogP contribution in [0.3, 0.4) is 0 Å². The van der Waals surface area contributed by atoms with Gasteiger partial charge in [0.05, 0.1) is 11.2 Å². The van der Waals surface area contributed by atoms with E-state index in [1.54, 1.807) is 56.4 Å². The number of aromatic nitrogens is 3. The van der Waals surface area contributed by atoms with Crippen molar-refractivity contribution in [3.63, 3.8) is 0 Å². The molecule has 9 nitrogen and oxygen atoms in total. The highest BCUT2D eigenvalue weighted by molar-refractivity contribution is 5.95. The number of ether oxygens (including phenoxy) is 2. The summed E-state index contributed by atoms with van der Waals surface area (Å²) in [4.78, 5) is 34.3. The summed E-state index contributed by atoms with van der Waals surface area (Å²) >= 11 is 0. The Kier molecular flexibility index (Phi) is 9.52. The van der Waals surface area contributed by atoms with Crippen molar-refractivity contribution in [3.8, 4) is 5.75 Å². The number of amides is 2. The highest BCUT2D eigenvalue weighted by atomic mass is 19.4. The van der Waals surface area contributed by atoms with Crippen molar-refractivity contribution in [1.82, 2.24) is 25.0 Å². The Hall–Kier alpha value is -4.68. The number of pyridine rings is 2. The van der Waals surface area contributed by atoms with Gasteiger partial charge in [-0.05, 0) is 56.5 Å². The lowest BCUT2D eigenvalue weighted by Crippen LogP contribution is -2.54.